The number of halogens is 2. The Morgan fingerprint density at radius 3 is 2.60 bits per heavy atom. The first-order valence-corrected chi connectivity index (χ1v) is 8.43. The van der Waals surface area contributed by atoms with Crippen molar-refractivity contribution in [1.29, 1.82) is 0 Å². The predicted octanol–water partition coefficient (Wildman–Crippen LogP) is 1.23. The standard InChI is InChI=1S/C14H14ClN3O5S.ClH/c15-14(13(20)21)6-17-11(19)10(16)12(17)24-9(14)5-7-1-3-8(4-2-7)18(22)23;/h1-4,9-10,12H,5-6,16H2,(H,20,21);1H/t9?,10?,12-,14?;/m1./s1. The Kier molecular flexibility index (Phi) is 5.53. The number of carbonyl (C=O) groups is 2. The topological polar surface area (TPSA) is 127 Å². The Balaban J connectivity index is 0.00000225. The summed E-state index contributed by atoms with van der Waals surface area (Å²) in [4.78, 5) is 33.4. The maximum absolute atomic E-state index is 11.7. The second-order valence-electron chi connectivity index (χ2n) is 5.80. The molecule has 1 aromatic carbocycles. The number of carboxylic acid groups (broad SMARTS) is 1. The number of amides is 1. The first-order valence-electron chi connectivity index (χ1n) is 7.11. The smallest absolute Gasteiger partial charge is 0.327 e. The maximum atomic E-state index is 11.7. The zero-order chi connectivity index (χ0) is 17.6. The fourth-order valence-corrected chi connectivity index (χ4v) is 4.87. The van der Waals surface area contributed by atoms with Crippen LogP contribution in [0.15, 0.2) is 24.3 Å². The molecule has 0 aliphatic carbocycles. The largest absolute Gasteiger partial charge is 0.480 e. The SMILES string of the molecule is Cl.NC1C(=O)N2CC(Cl)(C(=O)O)C(Cc3ccc([N+](=O)[O-])cc3)S[C@H]12. The van der Waals surface area contributed by atoms with Crippen LogP contribution in [0.3, 0.4) is 0 Å². The van der Waals surface area contributed by atoms with Crippen LogP contribution in [-0.2, 0) is 16.0 Å². The minimum absolute atomic E-state index is 0. The fourth-order valence-electron chi connectivity index (χ4n) is 2.89. The molecule has 3 N–H and O–H groups in total. The molecule has 1 amide bonds. The van der Waals surface area contributed by atoms with Crippen LogP contribution in [-0.4, -0.2) is 54.9 Å². The molecular weight excluding hydrogens is 393 g/mol. The number of β-lactam (4-membered cyclic amide) rings is 1. The van der Waals surface area contributed by atoms with Gasteiger partial charge in [-0.1, -0.05) is 12.1 Å². The molecule has 2 saturated heterocycles. The van der Waals surface area contributed by atoms with Crippen LogP contribution in [0, 0.1) is 10.1 Å². The van der Waals surface area contributed by atoms with E-state index in [1.54, 1.807) is 12.1 Å². The van der Waals surface area contributed by atoms with Crippen LogP contribution < -0.4 is 5.73 Å². The quantitative estimate of drug-likeness (QED) is 0.332. The van der Waals surface area contributed by atoms with Gasteiger partial charge in [0.15, 0.2) is 4.87 Å². The number of hydrogen-bond acceptors (Lipinski definition) is 6. The number of rotatable bonds is 4. The van der Waals surface area contributed by atoms with E-state index in [-0.39, 0.29) is 35.9 Å². The number of carboxylic acids is 1. The number of aliphatic carboxylic acids is 1. The highest BCUT2D eigenvalue weighted by Crippen LogP contribution is 2.46. The number of nitro groups is 1. The summed E-state index contributed by atoms with van der Waals surface area (Å²) in [6, 6.07) is 5.24. The van der Waals surface area contributed by atoms with Crippen molar-refractivity contribution in [3.05, 3.63) is 39.9 Å². The van der Waals surface area contributed by atoms with E-state index in [0.717, 1.165) is 5.56 Å². The molecule has 8 nitrogen and oxygen atoms in total. The number of thioether (sulfide) groups is 1. The number of fused-ring (bicyclic) bond motifs is 1. The lowest BCUT2D eigenvalue weighted by molar-refractivity contribution is -0.384. The van der Waals surface area contributed by atoms with E-state index < -0.39 is 27.1 Å². The molecule has 25 heavy (non-hydrogen) atoms. The van der Waals surface area contributed by atoms with Gasteiger partial charge >= 0.3 is 5.97 Å². The minimum Gasteiger partial charge on any atom is -0.480 e. The Morgan fingerprint density at radius 2 is 2.08 bits per heavy atom. The van der Waals surface area contributed by atoms with Gasteiger partial charge in [0.1, 0.15) is 11.4 Å². The average molecular weight is 408 g/mol. The van der Waals surface area contributed by atoms with Crippen molar-refractivity contribution in [1.82, 2.24) is 4.90 Å². The Morgan fingerprint density at radius 1 is 1.48 bits per heavy atom. The number of benzene rings is 1. The van der Waals surface area contributed by atoms with Crippen LogP contribution in [0.25, 0.3) is 0 Å². The maximum Gasteiger partial charge on any atom is 0.327 e. The molecule has 2 heterocycles. The van der Waals surface area contributed by atoms with Gasteiger partial charge in [-0.3, -0.25) is 19.7 Å². The molecule has 2 aliphatic heterocycles. The summed E-state index contributed by atoms with van der Waals surface area (Å²) in [6.07, 6.45) is 0.309. The first kappa shape index (κ1) is 19.8. The Labute approximate surface area is 158 Å². The molecule has 3 rings (SSSR count). The molecule has 0 saturated carbocycles. The second kappa shape index (κ2) is 6.99. The van der Waals surface area contributed by atoms with Gasteiger partial charge in [-0.15, -0.1) is 35.8 Å². The second-order valence-corrected chi connectivity index (χ2v) is 7.80. The van der Waals surface area contributed by atoms with Gasteiger partial charge in [0.2, 0.25) is 5.91 Å². The Bertz CT molecular complexity index is 719. The molecule has 0 bridgehead atoms. The van der Waals surface area contributed by atoms with E-state index in [1.807, 2.05) is 0 Å². The summed E-state index contributed by atoms with van der Waals surface area (Å²) < 4.78 is 0. The molecule has 3 unspecified atom stereocenters. The zero-order valence-electron chi connectivity index (χ0n) is 12.7. The summed E-state index contributed by atoms with van der Waals surface area (Å²) >= 11 is 7.62. The fraction of sp³-hybridized carbons (Fsp3) is 0.429. The summed E-state index contributed by atoms with van der Waals surface area (Å²) in [7, 11) is 0. The van der Waals surface area contributed by atoms with Crippen molar-refractivity contribution in [2.75, 3.05) is 6.54 Å². The van der Waals surface area contributed by atoms with Crippen LogP contribution in [0.5, 0.6) is 0 Å². The van der Waals surface area contributed by atoms with E-state index >= 15 is 0 Å². The number of nitro benzene ring substituents is 1. The highest BCUT2D eigenvalue weighted by molar-refractivity contribution is 8.00. The van der Waals surface area contributed by atoms with Gasteiger partial charge in [-0.25, -0.2) is 0 Å². The minimum atomic E-state index is -1.63. The van der Waals surface area contributed by atoms with Crippen molar-refractivity contribution in [3.8, 4) is 0 Å². The highest BCUT2D eigenvalue weighted by atomic mass is 35.5. The lowest BCUT2D eigenvalue weighted by Gasteiger charge is -2.54. The summed E-state index contributed by atoms with van der Waals surface area (Å²) in [5, 5.41) is 19.4. The lowest BCUT2D eigenvalue weighted by atomic mass is 9.94. The van der Waals surface area contributed by atoms with Crippen molar-refractivity contribution in [2.45, 2.75) is 28.0 Å². The van der Waals surface area contributed by atoms with Gasteiger partial charge < -0.3 is 15.7 Å². The number of non-ortho nitro benzene ring substituents is 1. The lowest BCUT2D eigenvalue weighted by Crippen LogP contribution is -2.74. The van der Waals surface area contributed by atoms with Crippen LogP contribution >= 0.6 is 35.8 Å². The number of hydrogen-bond donors (Lipinski definition) is 2. The van der Waals surface area contributed by atoms with Gasteiger partial charge in [-0.2, -0.15) is 0 Å². The summed E-state index contributed by atoms with van der Waals surface area (Å²) in [5.74, 6) is -1.50. The van der Waals surface area contributed by atoms with E-state index in [9.17, 15) is 24.8 Å². The molecule has 2 aliphatic rings. The van der Waals surface area contributed by atoms with Crippen LogP contribution in [0.1, 0.15) is 5.56 Å². The third-order valence-corrected chi connectivity index (χ3v) is 6.72. The van der Waals surface area contributed by atoms with Crippen molar-refractivity contribution in [2.24, 2.45) is 5.73 Å². The normalized spacial score (nSPS) is 30.7. The monoisotopic (exact) mass is 407 g/mol. The van der Waals surface area contributed by atoms with Gasteiger partial charge in [0, 0.05) is 17.4 Å². The molecule has 2 fully saturated rings. The van der Waals surface area contributed by atoms with Gasteiger partial charge in [0.05, 0.1) is 11.5 Å². The third kappa shape index (κ3) is 3.29. The number of alkyl halides is 1. The third-order valence-electron chi connectivity index (χ3n) is 4.32. The molecule has 0 spiro atoms. The van der Waals surface area contributed by atoms with Crippen LogP contribution in [0.4, 0.5) is 5.69 Å². The Hall–Kier alpha value is -1.55. The number of nitrogens with two attached hydrogens (primary N) is 1. The molecule has 1 aromatic rings. The summed E-state index contributed by atoms with van der Waals surface area (Å²) in [5.41, 5.74) is 6.47. The molecule has 11 heteroatoms. The predicted molar refractivity (Wildman–Crippen MR) is 95.1 cm³/mol. The molecular formula is C14H15Cl2N3O5S. The highest BCUT2D eigenvalue weighted by Gasteiger charge is 2.59. The van der Waals surface area contributed by atoms with Crippen molar-refractivity contribution in [3.63, 3.8) is 0 Å². The van der Waals surface area contributed by atoms with Gasteiger partial charge in [0.25, 0.3) is 5.69 Å². The van der Waals surface area contributed by atoms with Crippen LogP contribution in [0.2, 0.25) is 0 Å². The van der Waals surface area contributed by atoms with E-state index in [2.05, 4.69) is 0 Å². The molecule has 136 valence electrons. The van der Waals surface area contributed by atoms with Crippen molar-refractivity contribution >= 4 is 53.3 Å². The van der Waals surface area contributed by atoms with Crippen molar-refractivity contribution < 1.29 is 19.6 Å². The first-order chi connectivity index (χ1) is 11.2. The average Bonchev–Trinajstić information content (AvgIpc) is 2.56. The van der Waals surface area contributed by atoms with E-state index in [1.165, 1.54) is 28.8 Å². The zero-order valence-corrected chi connectivity index (χ0v) is 15.1. The van der Waals surface area contributed by atoms with Gasteiger partial charge in [-0.05, 0) is 12.0 Å². The number of carbonyl (C=O) groups excluding carboxylic acids is 1. The summed E-state index contributed by atoms with van der Waals surface area (Å²) in [6.45, 7) is -0.105. The van der Waals surface area contributed by atoms with E-state index in [4.69, 9.17) is 17.3 Å². The number of nitrogens with zero attached hydrogens (tertiary/aromatic N) is 2. The molecule has 0 radical (unpaired) electrons. The molecule has 4 atom stereocenters. The molecule has 0 aromatic heterocycles. The van der Waals surface area contributed by atoms with E-state index in [0.29, 0.717) is 6.42 Å².